The minimum absolute atomic E-state index is 0.0273. The largest absolute Gasteiger partial charge is 0.459 e. The molecule has 0 unspecified atom stereocenters. The minimum Gasteiger partial charge on any atom is -0.459 e. The summed E-state index contributed by atoms with van der Waals surface area (Å²) in [5.41, 5.74) is 1.76. The second kappa shape index (κ2) is 6.69. The van der Waals surface area contributed by atoms with Crippen LogP contribution in [0.2, 0.25) is 0 Å². The van der Waals surface area contributed by atoms with Crippen molar-refractivity contribution in [1.82, 2.24) is 4.98 Å². The van der Waals surface area contributed by atoms with Gasteiger partial charge >= 0.3 is 0 Å². The Morgan fingerprint density at radius 1 is 1.20 bits per heavy atom. The van der Waals surface area contributed by atoms with Gasteiger partial charge in [-0.3, -0.25) is 4.79 Å². The van der Waals surface area contributed by atoms with Crippen molar-refractivity contribution in [2.75, 3.05) is 17.2 Å². The zero-order chi connectivity index (χ0) is 17.4. The summed E-state index contributed by atoms with van der Waals surface area (Å²) in [6.07, 6.45) is 0.979. The van der Waals surface area contributed by atoms with Gasteiger partial charge < -0.3 is 9.32 Å². The van der Waals surface area contributed by atoms with Gasteiger partial charge in [0.15, 0.2) is 10.8 Å². The molecule has 1 aliphatic heterocycles. The first-order chi connectivity index (χ1) is 12.1. The summed E-state index contributed by atoms with van der Waals surface area (Å²) in [4.78, 5) is 21.5. The zero-order valence-corrected chi connectivity index (χ0v) is 15.7. The average molecular weight is 370 g/mol. The van der Waals surface area contributed by atoms with E-state index >= 15 is 0 Å². The van der Waals surface area contributed by atoms with Gasteiger partial charge in [-0.2, -0.15) is 0 Å². The minimum atomic E-state index is 0.0273. The monoisotopic (exact) mass is 370 g/mol. The highest BCUT2D eigenvalue weighted by molar-refractivity contribution is 7.99. The Morgan fingerprint density at radius 3 is 2.84 bits per heavy atom. The van der Waals surface area contributed by atoms with Crippen LogP contribution in [0.15, 0.2) is 45.7 Å². The Morgan fingerprint density at radius 2 is 2.04 bits per heavy atom. The van der Waals surface area contributed by atoms with E-state index in [1.807, 2.05) is 60.8 Å². The Hall–Kier alpha value is -2.05. The second-order valence-corrected chi connectivity index (χ2v) is 8.11. The number of anilines is 1. The van der Waals surface area contributed by atoms with E-state index < -0.39 is 0 Å². The maximum Gasteiger partial charge on any atom is 0.270 e. The van der Waals surface area contributed by atoms with Gasteiger partial charge in [0.1, 0.15) is 10.6 Å². The number of furan rings is 1. The number of hydrogen-bond acceptors (Lipinski definition) is 5. The van der Waals surface area contributed by atoms with Crippen LogP contribution in [0.3, 0.4) is 0 Å². The normalized spacial score (nSPS) is 14.2. The van der Waals surface area contributed by atoms with E-state index in [2.05, 4.69) is 11.1 Å². The molecule has 1 aromatic carbocycles. The van der Waals surface area contributed by atoms with Crippen LogP contribution in [0.4, 0.5) is 5.69 Å². The van der Waals surface area contributed by atoms with E-state index in [1.165, 1.54) is 11.3 Å². The highest BCUT2D eigenvalue weighted by Crippen LogP contribution is 2.36. The number of aryl methyl sites for hydroxylation is 2. The third-order valence-corrected chi connectivity index (χ3v) is 6.44. The standard InChI is InChI=1S/C19H18N2O2S2/c1-12-8-9-15(23-12)18-20-13(2)17(25-18)19(22)21-10-5-11-24-16-7-4-3-6-14(16)21/h3-4,6-9H,5,10-11H2,1-2H3. The van der Waals surface area contributed by atoms with Gasteiger partial charge in [0, 0.05) is 11.4 Å². The average Bonchev–Trinajstić information content (AvgIpc) is 3.14. The number of nitrogens with zero attached hydrogens (tertiary/aromatic N) is 2. The predicted molar refractivity (Wildman–Crippen MR) is 103 cm³/mol. The molecule has 0 spiro atoms. The molecule has 0 radical (unpaired) electrons. The van der Waals surface area contributed by atoms with Gasteiger partial charge in [0.05, 0.1) is 11.4 Å². The number of hydrogen-bond donors (Lipinski definition) is 0. The van der Waals surface area contributed by atoms with Crippen LogP contribution in [0.25, 0.3) is 10.8 Å². The van der Waals surface area contributed by atoms with Crippen LogP contribution in [0.5, 0.6) is 0 Å². The molecule has 4 rings (SSSR count). The summed E-state index contributed by atoms with van der Waals surface area (Å²) >= 11 is 3.22. The predicted octanol–water partition coefficient (Wildman–Crippen LogP) is 5.16. The number of aromatic nitrogens is 1. The first-order valence-corrected chi connectivity index (χ1v) is 10.0. The summed E-state index contributed by atoms with van der Waals surface area (Å²) < 4.78 is 5.66. The fourth-order valence-corrected chi connectivity index (χ4v) is 4.88. The highest BCUT2D eigenvalue weighted by atomic mass is 32.2. The molecule has 1 amide bonds. The third-order valence-electron chi connectivity index (χ3n) is 4.13. The number of amides is 1. The van der Waals surface area contributed by atoms with Crippen molar-refractivity contribution in [2.24, 2.45) is 0 Å². The fourth-order valence-electron chi connectivity index (χ4n) is 2.91. The van der Waals surface area contributed by atoms with Crippen molar-refractivity contribution < 1.29 is 9.21 Å². The van der Waals surface area contributed by atoms with Crippen molar-refractivity contribution in [3.05, 3.63) is 52.7 Å². The molecule has 0 aliphatic carbocycles. The van der Waals surface area contributed by atoms with Crippen LogP contribution in [-0.4, -0.2) is 23.2 Å². The maximum atomic E-state index is 13.2. The molecule has 6 heteroatoms. The lowest BCUT2D eigenvalue weighted by Gasteiger charge is -2.21. The van der Waals surface area contributed by atoms with Gasteiger partial charge in [-0.1, -0.05) is 12.1 Å². The summed E-state index contributed by atoms with van der Waals surface area (Å²) in [5, 5.41) is 0.756. The van der Waals surface area contributed by atoms with Gasteiger partial charge in [0.25, 0.3) is 5.91 Å². The number of benzene rings is 1. The van der Waals surface area contributed by atoms with Crippen LogP contribution in [-0.2, 0) is 0 Å². The Bertz CT molecular complexity index is 929. The third kappa shape index (κ3) is 3.12. The molecule has 0 atom stereocenters. The van der Waals surface area contributed by atoms with Crippen LogP contribution in [0.1, 0.15) is 27.5 Å². The first kappa shape index (κ1) is 16.4. The molecular weight excluding hydrogens is 352 g/mol. The molecule has 2 aromatic heterocycles. The van der Waals surface area contributed by atoms with Crippen molar-refractivity contribution in [1.29, 1.82) is 0 Å². The molecule has 3 heterocycles. The smallest absolute Gasteiger partial charge is 0.270 e. The van der Waals surface area contributed by atoms with Crippen LogP contribution >= 0.6 is 23.1 Å². The van der Waals surface area contributed by atoms with E-state index in [-0.39, 0.29) is 5.91 Å². The van der Waals surface area contributed by atoms with Gasteiger partial charge in [-0.15, -0.1) is 23.1 Å². The highest BCUT2D eigenvalue weighted by Gasteiger charge is 2.26. The second-order valence-electron chi connectivity index (χ2n) is 5.97. The summed E-state index contributed by atoms with van der Waals surface area (Å²) in [6.45, 7) is 4.53. The molecule has 0 N–H and O–H groups in total. The lowest BCUT2D eigenvalue weighted by Crippen LogP contribution is -2.31. The zero-order valence-electron chi connectivity index (χ0n) is 14.1. The first-order valence-electron chi connectivity index (χ1n) is 8.21. The topological polar surface area (TPSA) is 46.3 Å². The van der Waals surface area contributed by atoms with Crippen molar-refractivity contribution >= 4 is 34.7 Å². The SMILES string of the molecule is Cc1ccc(-c2nc(C)c(C(=O)N3CCCSc4ccccc43)s2)o1. The number of rotatable bonds is 2. The number of thioether (sulfide) groups is 1. The maximum absolute atomic E-state index is 13.2. The van der Waals surface area contributed by atoms with Crippen LogP contribution < -0.4 is 4.90 Å². The lowest BCUT2D eigenvalue weighted by atomic mass is 10.2. The van der Waals surface area contributed by atoms with Gasteiger partial charge in [-0.05, 0) is 50.3 Å². The lowest BCUT2D eigenvalue weighted by molar-refractivity contribution is 0.0990. The number of carbonyl (C=O) groups excluding carboxylic acids is 1. The van der Waals surface area contributed by atoms with E-state index in [4.69, 9.17) is 4.42 Å². The van der Waals surface area contributed by atoms with Crippen molar-refractivity contribution in [3.8, 4) is 10.8 Å². The summed E-state index contributed by atoms with van der Waals surface area (Å²) in [5.74, 6) is 2.62. The molecule has 25 heavy (non-hydrogen) atoms. The Kier molecular flexibility index (Phi) is 4.39. The molecule has 0 saturated heterocycles. The van der Waals surface area contributed by atoms with E-state index in [1.54, 1.807) is 0 Å². The quantitative estimate of drug-likeness (QED) is 0.625. The van der Waals surface area contributed by atoms with E-state index in [0.29, 0.717) is 4.88 Å². The number of carbonyl (C=O) groups is 1. The van der Waals surface area contributed by atoms with Crippen molar-refractivity contribution in [2.45, 2.75) is 25.2 Å². The number of fused-ring (bicyclic) bond motifs is 1. The van der Waals surface area contributed by atoms with Gasteiger partial charge in [-0.25, -0.2) is 4.98 Å². The molecule has 4 nitrogen and oxygen atoms in total. The molecule has 3 aromatic rings. The Labute approximate surface area is 154 Å². The van der Waals surface area contributed by atoms with E-state index in [0.717, 1.165) is 51.5 Å². The molecular formula is C19H18N2O2S2. The summed E-state index contributed by atoms with van der Waals surface area (Å²) in [7, 11) is 0. The Balaban J connectivity index is 1.71. The van der Waals surface area contributed by atoms with E-state index in [9.17, 15) is 4.79 Å². The van der Waals surface area contributed by atoms with Gasteiger partial charge in [0.2, 0.25) is 0 Å². The van der Waals surface area contributed by atoms with Crippen LogP contribution in [0, 0.1) is 13.8 Å². The number of thiazole rings is 1. The molecule has 0 fully saturated rings. The molecule has 0 saturated carbocycles. The van der Waals surface area contributed by atoms with Crippen molar-refractivity contribution in [3.63, 3.8) is 0 Å². The molecule has 0 bridgehead atoms. The number of para-hydroxylation sites is 1. The molecule has 128 valence electrons. The molecule has 1 aliphatic rings. The summed E-state index contributed by atoms with van der Waals surface area (Å²) in [6, 6.07) is 11.9. The fraction of sp³-hybridized carbons (Fsp3) is 0.263.